The highest BCUT2D eigenvalue weighted by molar-refractivity contribution is 7.99. The van der Waals surface area contributed by atoms with E-state index >= 15 is 0 Å². The molecule has 0 saturated carbocycles. The zero-order valence-corrected chi connectivity index (χ0v) is 27.3. The lowest BCUT2D eigenvalue weighted by Crippen LogP contribution is -2.41. The molecule has 0 aliphatic heterocycles. The van der Waals surface area contributed by atoms with Crippen molar-refractivity contribution in [2.24, 2.45) is 0 Å². The van der Waals surface area contributed by atoms with E-state index in [4.69, 9.17) is 13.9 Å². The van der Waals surface area contributed by atoms with Gasteiger partial charge >= 0.3 is 17.7 Å². The fraction of sp³-hybridized carbons (Fsp3) is 0.243. The second-order valence-electron chi connectivity index (χ2n) is 12.7. The Morgan fingerprint density at radius 1 is 0.689 bits per heavy atom. The molecule has 4 aromatic carbocycles. The van der Waals surface area contributed by atoms with Gasteiger partial charge in [-0.2, -0.15) is 0 Å². The molecular weight excluding hydrogens is 585 g/mol. The monoisotopic (exact) mass is 624 g/mol. The number of oxazole rings is 1. The molecule has 0 radical (unpaired) electrons. The van der Waals surface area contributed by atoms with Crippen LogP contribution in [0.15, 0.2) is 136 Å². The van der Waals surface area contributed by atoms with E-state index in [2.05, 4.69) is 0 Å². The number of nitrogens with zero attached hydrogens (tertiary/aromatic N) is 1. The van der Waals surface area contributed by atoms with E-state index in [-0.39, 0.29) is 5.31 Å². The molecule has 1 atom stereocenters. The standard InChI is InChI=1S/C37H38NO6P/c1-36(2,3)43-33(39)31(38-29-24-16-17-25-30(29)42-35(38)41)32(34(40)44-37(4,5)6)45(26-18-10-7-11-19-26,27-20-12-8-13-21-27)28-22-14-9-15-23-28/h7-25,31H,1-6H3/p+1/b34-32+/t31-/m1/s1. The van der Waals surface area contributed by atoms with Gasteiger partial charge in [0, 0.05) is 0 Å². The fourth-order valence-electron chi connectivity index (χ4n) is 5.53. The number of aliphatic hydroxyl groups is 1. The summed E-state index contributed by atoms with van der Waals surface area (Å²) in [5.74, 6) is -1.96. The molecule has 7 nitrogen and oxygen atoms in total. The van der Waals surface area contributed by atoms with Crippen molar-refractivity contribution in [3.8, 4) is 0 Å². The van der Waals surface area contributed by atoms with E-state index in [1.54, 1.807) is 45.0 Å². The van der Waals surface area contributed by atoms with E-state index in [0.29, 0.717) is 11.1 Å². The second-order valence-corrected chi connectivity index (χ2v) is 16.1. The zero-order chi connectivity index (χ0) is 32.4. The smallest absolute Gasteiger partial charge is 0.421 e. The number of hydrogen-bond donors (Lipinski definition) is 1. The Morgan fingerprint density at radius 3 is 1.56 bits per heavy atom. The minimum Gasteiger partial charge on any atom is -0.478 e. The molecule has 5 aromatic rings. The maximum atomic E-state index is 14.7. The predicted octanol–water partition coefficient (Wildman–Crippen LogP) is 7.01. The fourth-order valence-corrected chi connectivity index (χ4v) is 10.0. The van der Waals surface area contributed by atoms with Crippen molar-refractivity contribution in [2.75, 3.05) is 0 Å². The normalized spacial score (nSPS) is 13.6. The summed E-state index contributed by atoms with van der Waals surface area (Å²) in [7, 11) is -3.22. The summed E-state index contributed by atoms with van der Waals surface area (Å²) in [5, 5.41) is 15.1. The third-order valence-corrected chi connectivity index (χ3v) is 11.5. The van der Waals surface area contributed by atoms with Gasteiger partial charge in [-0.05, 0) is 90.1 Å². The molecule has 0 aliphatic rings. The van der Waals surface area contributed by atoms with Gasteiger partial charge in [0.2, 0.25) is 11.4 Å². The molecule has 0 bridgehead atoms. The number of para-hydroxylation sites is 2. The van der Waals surface area contributed by atoms with Crippen LogP contribution >= 0.6 is 7.26 Å². The average Bonchev–Trinajstić information content (AvgIpc) is 3.32. The van der Waals surface area contributed by atoms with Gasteiger partial charge in [0.15, 0.2) is 12.8 Å². The van der Waals surface area contributed by atoms with Crippen LogP contribution in [0.3, 0.4) is 0 Å². The molecule has 0 fully saturated rings. The summed E-state index contributed by atoms with van der Waals surface area (Å²) < 4.78 is 19.3. The number of carbonyl (C=O) groups excluding carboxylic acids is 1. The summed E-state index contributed by atoms with van der Waals surface area (Å²) in [4.78, 5) is 28.6. The molecule has 0 spiro atoms. The van der Waals surface area contributed by atoms with Gasteiger partial charge in [0.1, 0.15) is 27.1 Å². The number of esters is 1. The topological polar surface area (TPSA) is 90.9 Å². The third kappa shape index (κ3) is 6.45. The third-order valence-electron chi connectivity index (χ3n) is 7.08. The molecule has 0 unspecified atom stereocenters. The molecular formula is C37H39NO6P+. The van der Waals surface area contributed by atoms with Crippen LogP contribution < -0.4 is 21.7 Å². The van der Waals surface area contributed by atoms with Crippen LogP contribution in [0.2, 0.25) is 0 Å². The maximum absolute atomic E-state index is 14.7. The molecule has 5 rings (SSSR count). The van der Waals surface area contributed by atoms with Gasteiger partial charge in [-0.25, -0.2) is 9.59 Å². The molecule has 8 heteroatoms. The summed E-state index contributed by atoms with van der Waals surface area (Å²) in [5.41, 5.74) is -1.10. The number of carbonyl (C=O) groups is 1. The van der Waals surface area contributed by atoms with Crippen LogP contribution in [-0.2, 0) is 14.3 Å². The first-order valence-corrected chi connectivity index (χ1v) is 16.6. The van der Waals surface area contributed by atoms with E-state index in [1.165, 1.54) is 4.57 Å². The largest absolute Gasteiger partial charge is 0.478 e. The molecule has 1 aromatic heterocycles. The van der Waals surface area contributed by atoms with Gasteiger partial charge < -0.3 is 19.0 Å². The van der Waals surface area contributed by atoms with E-state index in [0.717, 1.165) is 15.9 Å². The summed E-state index contributed by atoms with van der Waals surface area (Å²) in [6.45, 7) is 10.7. The lowest BCUT2D eigenvalue weighted by Gasteiger charge is -2.34. The first-order chi connectivity index (χ1) is 21.3. The molecule has 1 heterocycles. The van der Waals surface area contributed by atoms with Crippen LogP contribution in [0.4, 0.5) is 0 Å². The van der Waals surface area contributed by atoms with Crippen molar-refractivity contribution in [1.82, 2.24) is 4.57 Å². The van der Waals surface area contributed by atoms with Crippen molar-refractivity contribution < 1.29 is 23.8 Å². The van der Waals surface area contributed by atoms with Crippen LogP contribution in [-0.4, -0.2) is 26.8 Å². The van der Waals surface area contributed by atoms with E-state index < -0.39 is 42.2 Å². The molecule has 45 heavy (non-hydrogen) atoms. The molecule has 0 saturated heterocycles. The lowest BCUT2D eigenvalue weighted by molar-refractivity contribution is -0.158. The number of ether oxygens (including phenoxy) is 2. The van der Waals surface area contributed by atoms with Crippen LogP contribution in [0.1, 0.15) is 47.6 Å². The van der Waals surface area contributed by atoms with Crippen molar-refractivity contribution >= 4 is 40.2 Å². The summed E-state index contributed by atoms with van der Waals surface area (Å²) in [6, 6.07) is 34.7. The van der Waals surface area contributed by atoms with Crippen molar-refractivity contribution in [3.63, 3.8) is 0 Å². The second kappa shape index (κ2) is 12.4. The Bertz CT molecular complexity index is 1770. The van der Waals surface area contributed by atoms with Gasteiger partial charge in [0.05, 0.1) is 5.52 Å². The first kappa shape index (κ1) is 31.8. The SMILES string of the molecule is CC(C)(C)OC(=O)[C@@H](/C(=C(/O)OC(C)(C)C)[P+](c1ccccc1)(c1ccccc1)c1ccccc1)n1c(=O)oc2ccccc21. The first-order valence-electron chi connectivity index (χ1n) is 14.8. The molecule has 0 amide bonds. The number of hydrogen-bond acceptors (Lipinski definition) is 6. The maximum Gasteiger partial charge on any atom is 0.421 e. The Balaban J connectivity index is 2.04. The van der Waals surface area contributed by atoms with Crippen molar-refractivity contribution in [3.05, 3.63) is 137 Å². The average molecular weight is 625 g/mol. The highest BCUT2D eigenvalue weighted by Gasteiger charge is 2.58. The quantitative estimate of drug-likeness (QED) is 0.113. The number of rotatable bonds is 8. The van der Waals surface area contributed by atoms with Crippen molar-refractivity contribution in [2.45, 2.75) is 58.8 Å². The lowest BCUT2D eigenvalue weighted by atomic mass is 10.1. The van der Waals surface area contributed by atoms with Gasteiger partial charge in [0.25, 0.3) is 0 Å². The van der Waals surface area contributed by atoms with E-state index in [9.17, 15) is 14.7 Å². The van der Waals surface area contributed by atoms with Gasteiger partial charge in [-0.3, -0.25) is 4.57 Å². The van der Waals surface area contributed by atoms with Crippen LogP contribution in [0.25, 0.3) is 11.1 Å². The number of fused-ring (bicyclic) bond motifs is 1. The van der Waals surface area contributed by atoms with Gasteiger partial charge in [-0.1, -0.05) is 66.7 Å². The minimum absolute atomic E-state index is 0.212. The Kier molecular flexibility index (Phi) is 8.77. The number of aromatic nitrogens is 1. The molecule has 1 N–H and O–H groups in total. The van der Waals surface area contributed by atoms with Crippen LogP contribution in [0, 0.1) is 0 Å². The predicted molar refractivity (Wildman–Crippen MR) is 181 cm³/mol. The van der Waals surface area contributed by atoms with E-state index in [1.807, 2.05) is 112 Å². The Morgan fingerprint density at radius 2 is 1.11 bits per heavy atom. The molecule has 0 aliphatic carbocycles. The minimum atomic E-state index is -3.22. The van der Waals surface area contributed by atoms with Gasteiger partial charge in [-0.15, -0.1) is 0 Å². The number of benzene rings is 4. The zero-order valence-electron chi connectivity index (χ0n) is 26.4. The Labute approximate surface area is 264 Å². The van der Waals surface area contributed by atoms with Crippen LogP contribution in [0.5, 0.6) is 0 Å². The highest BCUT2D eigenvalue weighted by Crippen LogP contribution is 2.66. The number of aliphatic hydroxyl groups excluding tert-OH is 1. The summed E-state index contributed by atoms with van der Waals surface area (Å²) >= 11 is 0. The Hall–Kier alpha value is -4.61. The van der Waals surface area contributed by atoms with Crippen molar-refractivity contribution in [1.29, 1.82) is 0 Å². The molecule has 232 valence electrons. The highest BCUT2D eigenvalue weighted by atomic mass is 31.2. The summed E-state index contributed by atoms with van der Waals surface area (Å²) in [6.07, 6.45) is 0.